The van der Waals surface area contributed by atoms with Crippen molar-refractivity contribution in [1.29, 1.82) is 0 Å². The van der Waals surface area contributed by atoms with Crippen LogP contribution >= 0.6 is 11.6 Å². The van der Waals surface area contributed by atoms with E-state index < -0.39 is 0 Å². The van der Waals surface area contributed by atoms with Gasteiger partial charge in [-0.05, 0) is 41.3 Å². The standard InChI is InChI=1S/C31H31ClN2O3/c1-36-26-17-18-29(30(21-26)37-2)33-31(35)34(22-25-15-9-10-16-28(25)32)20-19-27(23-11-5-3-6-12-23)24-13-7-4-8-14-24/h3-18,21,27H,19-20,22H2,1-2H3,(H,33,35). The highest BCUT2D eigenvalue weighted by molar-refractivity contribution is 6.31. The van der Waals surface area contributed by atoms with Crippen LogP contribution in [0.25, 0.3) is 0 Å². The first-order valence-electron chi connectivity index (χ1n) is 12.2. The molecule has 1 N–H and O–H groups in total. The van der Waals surface area contributed by atoms with Gasteiger partial charge in [0.15, 0.2) is 0 Å². The monoisotopic (exact) mass is 514 g/mol. The van der Waals surface area contributed by atoms with Crippen molar-refractivity contribution in [1.82, 2.24) is 4.90 Å². The lowest BCUT2D eigenvalue weighted by molar-refractivity contribution is 0.207. The van der Waals surface area contributed by atoms with Gasteiger partial charge >= 0.3 is 6.03 Å². The molecular weight excluding hydrogens is 484 g/mol. The van der Waals surface area contributed by atoms with Gasteiger partial charge < -0.3 is 19.7 Å². The maximum absolute atomic E-state index is 13.6. The maximum Gasteiger partial charge on any atom is 0.322 e. The minimum Gasteiger partial charge on any atom is -0.497 e. The van der Waals surface area contributed by atoms with Gasteiger partial charge in [-0.3, -0.25) is 0 Å². The number of carbonyl (C=O) groups excluding carboxylic acids is 1. The molecule has 2 amide bonds. The van der Waals surface area contributed by atoms with Crippen LogP contribution in [0.5, 0.6) is 11.5 Å². The summed E-state index contributed by atoms with van der Waals surface area (Å²) in [6.45, 7) is 0.893. The van der Waals surface area contributed by atoms with Crippen LogP contribution in [0.4, 0.5) is 10.5 Å². The third kappa shape index (κ3) is 6.83. The largest absolute Gasteiger partial charge is 0.497 e. The second-order valence-corrected chi connectivity index (χ2v) is 9.08. The lowest BCUT2D eigenvalue weighted by atomic mass is 9.88. The van der Waals surface area contributed by atoms with Crippen molar-refractivity contribution in [3.63, 3.8) is 0 Å². The van der Waals surface area contributed by atoms with E-state index in [9.17, 15) is 4.79 Å². The molecule has 0 heterocycles. The summed E-state index contributed by atoms with van der Waals surface area (Å²) in [4.78, 5) is 15.4. The number of carbonyl (C=O) groups is 1. The Hall–Kier alpha value is -3.96. The third-order valence-electron chi connectivity index (χ3n) is 6.35. The van der Waals surface area contributed by atoms with Crippen molar-refractivity contribution < 1.29 is 14.3 Å². The van der Waals surface area contributed by atoms with Crippen LogP contribution in [0.3, 0.4) is 0 Å². The van der Waals surface area contributed by atoms with Crippen LogP contribution in [0.15, 0.2) is 103 Å². The number of ether oxygens (including phenoxy) is 2. The van der Waals surface area contributed by atoms with Crippen LogP contribution in [0, 0.1) is 0 Å². The predicted molar refractivity (Wildman–Crippen MR) is 150 cm³/mol. The molecule has 0 saturated heterocycles. The number of hydrogen-bond acceptors (Lipinski definition) is 3. The van der Waals surface area contributed by atoms with E-state index in [1.54, 1.807) is 37.3 Å². The van der Waals surface area contributed by atoms with Crippen LogP contribution in [0.2, 0.25) is 5.02 Å². The van der Waals surface area contributed by atoms with E-state index in [2.05, 4.69) is 53.8 Å². The number of hydrogen-bond donors (Lipinski definition) is 1. The van der Waals surface area contributed by atoms with Crippen molar-refractivity contribution in [3.8, 4) is 11.5 Å². The van der Waals surface area contributed by atoms with Gasteiger partial charge in [0, 0.05) is 30.1 Å². The Labute approximate surface area is 223 Å². The molecule has 0 spiro atoms. The Morgan fingerprint density at radius 3 is 2.05 bits per heavy atom. The lowest BCUT2D eigenvalue weighted by Gasteiger charge is -2.27. The van der Waals surface area contributed by atoms with Gasteiger partial charge in [-0.25, -0.2) is 4.79 Å². The summed E-state index contributed by atoms with van der Waals surface area (Å²) in [5.74, 6) is 1.31. The van der Waals surface area contributed by atoms with Crippen LogP contribution < -0.4 is 14.8 Å². The second kappa shape index (κ2) is 12.8. The van der Waals surface area contributed by atoms with E-state index in [1.807, 2.05) is 36.4 Å². The zero-order chi connectivity index (χ0) is 26.0. The molecule has 0 radical (unpaired) electrons. The minimum atomic E-state index is -0.233. The van der Waals surface area contributed by atoms with E-state index in [0.29, 0.717) is 35.3 Å². The zero-order valence-electron chi connectivity index (χ0n) is 21.1. The van der Waals surface area contributed by atoms with Crippen molar-refractivity contribution in [2.24, 2.45) is 0 Å². The van der Waals surface area contributed by atoms with Crippen molar-refractivity contribution >= 4 is 23.3 Å². The van der Waals surface area contributed by atoms with Gasteiger partial charge in [0.25, 0.3) is 0 Å². The molecule has 0 aromatic heterocycles. The molecule has 5 nitrogen and oxygen atoms in total. The van der Waals surface area contributed by atoms with E-state index in [0.717, 1.165) is 12.0 Å². The summed E-state index contributed by atoms with van der Waals surface area (Å²) < 4.78 is 10.8. The molecule has 0 aliphatic heterocycles. The first kappa shape index (κ1) is 26.1. The zero-order valence-corrected chi connectivity index (χ0v) is 21.8. The number of amides is 2. The van der Waals surface area contributed by atoms with Crippen LogP contribution in [0.1, 0.15) is 29.0 Å². The molecule has 4 rings (SSSR count). The summed E-state index contributed by atoms with van der Waals surface area (Å²) in [5.41, 5.74) is 3.88. The fraction of sp³-hybridized carbons (Fsp3) is 0.194. The highest BCUT2D eigenvalue weighted by atomic mass is 35.5. The minimum absolute atomic E-state index is 0.138. The molecule has 0 aliphatic rings. The van der Waals surface area contributed by atoms with Gasteiger partial charge in [0.1, 0.15) is 11.5 Å². The van der Waals surface area contributed by atoms with Gasteiger partial charge in [-0.2, -0.15) is 0 Å². The third-order valence-corrected chi connectivity index (χ3v) is 6.72. The SMILES string of the molecule is COc1ccc(NC(=O)N(CCC(c2ccccc2)c2ccccc2)Cc2ccccc2Cl)c(OC)c1. The molecular formula is C31H31ClN2O3. The molecule has 4 aromatic rings. The Kier molecular flexibility index (Phi) is 9.06. The summed E-state index contributed by atoms with van der Waals surface area (Å²) in [7, 11) is 3.16. The molecule has 4 aromatic carbocycles. The quantitative estimate of drug-likeness (QED) is 0.237. The average molecular weight is 515 g/mol. The smallest absolute Gasteiger partial charge is 0.322 e. The van der Waals surface area contributed by atoms with Gasteiger partial charge in [-0.15, -0.1) is 0 Å². The van der Waals surface area contributed by atoms with Crippen molar-refractivity contribution in [2.45, 2.75) is 18.9 Å². The Morgan fingerprint density at radius 1 is 0.838 bits per heavy atom. The number of methoxy groups -OCH3 is 2. The lowest BCUT2D eigenvalue weighted by Crippen LogP contribution is -2.36. The number of benzene rings is 4. The molecule has 0 aliphatic carbocycles. The fourth-order valence-corrected chi connectivity index (χ4v) is 4.56. The molecule has 190 valence electrons. The highest BCUT2D eigenvalue weighted by Gasteiger charge is 2.21. The van der Waals surface area contributed by atoms with E-state index in [1.165, 1.54) is 11.1 Å². The second-order valence-electron chi connectivity index (χ2n) is 8.67. The van der Waals surface area contributed by atoms with Crippen molar-refractivity contribution in [2.75, 3.05) is 26.1 Å². The van der Waals surface area contributed by atoms with E-state index >= 15 is 0 Å². The molecule has 6 heteroatoms. The maximum atomic E-state index is 13.6. The first-order chi connectivity index (χ1) is 18.1. The van der Waals surface area contributed by atoms with Crippen LogP contribution in [-0.4, -0.2) is 31.7 Å². The Morgan fingerprint density at radius 2 is 1.46 bits per heavy atom. The predicted octanol–water partition coefficient (Wildman–Crippen LogP) is 7.61. The first-order valence-corrected chi connectivity index (χ1v) is 12.6. The summed E-state index contributed by atoms with van der Waals surface area (Å²) in [6.07, 6.45) is 0.742. The Balaban J connectivity index is 1.60. The molecule has 0 fully saturated rings. The van der Waals surface area contributed by atoms with Crippen molar-refractivity contribution in [3.05, 3.63) is 125 Å². The molecule has 0 unspecified atom stereocenters. The van der Waals surface area contributed by atoms with Gasteiger partial charge in [-0.1, -0.05) is 90.5 Å². The molecule has 37 heavy (non-hydrogen) atoms. The molecule has 0 saturated carbocycles. The highest BCUT2D eigenvalue weighted by Crippen LogP contribution is 2.31. The number of anilines is 1. The number of urea groups is 1. The normalized spacial score (nSPS) is 10.7. The van der Waals surface area contributed by atoms with Crippen LogP contribution in [-0.2, 0) is 6.54 Å². The number of halogens is 1. The summed E-state index contributed by atoms with van der Waals surface area (Å²) in [5, 5.41) is 3.65. The topological polar surface area (TPSA) is 50.8 Å². The molecule has 0 bridgehead atoms. The summed E-state index contributed by atoms with van der Waals surface area (Å²) in [6, 6.07) is 33.5. The fourth-order valence-electron chi connectivity index (χ4n) is 4.36. The Bertz CT molecular complexity index is 1260. The number of rotatable bonds is 10. The van der Waals surface area contributed by atoms with Gasteiger partial charge in [0.2, 0.25) is 0 Å². The van der Waals surface area contributed by atoms with E-state index in [4.69, 9.17) is 21.1 Å². The van der Waals surface area contributed by atoms with Gasteiger partial charge in [0.05, 0.1) is 19.9 Å². The number of nitrogens with one attached hydrogen (secondary N) is 1. The number of nitrogens with zero attached hydrogens (tertiary/aromatic N) is 1. The van der Waals surface area contributed by atoms with E-state index in [-0.39, 0.29) is 11.9 Å². The summed E-state index contributed by atoms with van der Waals surface area (Å²) >= 11 is 6.48. The average Bonchev–Trinajstić information content (AvgIpc) is 2.95. The molecule has 0 atom stereocenters.